The van der Waals surface area contributed by atoms with Gasteiger partial charge in [0, 0.05) is 35.4 Å². The van der Waals surface area contributed by atoms with Gasteiger partial charge in [-0.1, -0.05) is 35.3 Å². The zero-order valence-corrected chi connectivity index (χ0v) is 18.8. The van der Waals surface area contributed by atoms with Crippen molar-refractivity contribution in [1.29, 1.82) is 0 Å². The summed E-state index contributed by atoms with van der Waals surface area (Å²) in [5.41, 5.74) is 1.14. The highest BCUT2D eigenvalue weighted by Gasteiger charge is 2.26. The van der Waals surface area contributed by atoms with E-state index in [4.69, 9.17) is 27.9 Å². The van der Waals surface area contributed by atoms with E-state index in [1.54, 1.807) is 12.1 Å². The third-order valence-electron chi connectivity index (χ3n) is 4.56. The van der Waals surface area contributed by atoms with Crippen LogP contribution in [0.5, 0.6) is 0 Å². The number of ether oxygens (including phenoxy) is 1. The summed E-state index contributed by atoms with van der Waals surface area (Å²) in [6, 6.07) is 10.9. The Hall–Kier alpha value is -2.17. The van der Waals surface area contributed by atoms with Gasteiger partial charge in [0.05, 0.1) is 18.1 Å². The number of benzene rings is 2. The lowest BCUT2D eigenvalue weighted by Crippen LogP contribution is -2.40. The van der Waals surface area contributed by atoms with Crippen LogP contribution >= 0.6 is 23.2 Å². The molecule has 0 unspecified atom stereocenters. The monoisotopic (exact) mass is 485 g/mol. The van der Waals surface area contributed by atoms with Crippen LogP contribution in [0.2, 0.25) is 10.0 Å². The molecule has 0 radical (unpaired) electrons. The highest BCUT2D eigenvalue weighted by molar-refractivity contribution is 7.89. The molecule has 0 aromatic heterocycles. The van der Waals surface area contributed by atoms with Gasteiger partial charge < -0.3 is 15.4 Å². The summed E-state index contributed by atoms with van der Waals surface area (Å²) in [6.07, 6.45) is 0.430. The first-order valence-corrected chi connectivity index (χ1v) is 11.7. The molecule has 1 saturated heterocycles. The minimum absolute atomic E-state index is 0.206. The summed E-state index contributed by atoms with van der Waals surface area (Å²) in [5.74, 6) is -1.65. The van der Waals surface area contributed by atoms with Crippen LogP contribution in [-0.2, 0) is 30.8 Å². The molecule has 11 heteroatoms. The number of carbonyl (C=O) groups excluding carboxylic acids is 2. The Morgan fingerprint density at radius 3 is 2.19 bits per heavy atom. The Morgan fingerprint density at radius 1 is 0.968 bits per heavy atom. The van der Waals surface area contributed by atoms with Gasteiger partial charge in [-0.2, -0.15) is 4.31 Å². The highest BCUT2D eigenvalue weighted by Crippen LogP contribution is 2.22. The molecule has 1 fully saturated rings. The first kappa shape index (κ1) is 23.5. The fourth-order valence-corrected chi connectivity index (χ4v) is 4.91. The van der Waals surface area contributed by atoms with Crippen molar-refractivity contribution in [1.82, 2.24) is 9.62 Å². The summed E-state index contributed by atoms with van der Waals surface area (Å²) in [5, 5.41) is 5.62. The predicted molar refractivity (Wildman–Crippen MR) is 118 cm³/mol. The van der Waals surface area contributed by atoms with E-state index >= 15 is 0 Å². The van der Waals surface area contributed by atoms with Crippen molar-refractivity contribution in [3.05, 3.63) is 58.1 Å². The zero-order chi connectivity index (χ0) is 22.4. The Bertz CT molecular complexity index is 1030. The van der Waals surface area contributed by atoms with Crippen molar-refractivity contribution in [2.75, 3.05) is 38.2 Å². The minimum Gasteiger partial charge on any atom is -0.379 e. The molecular formula is C20H21Cl2N3O5S. The maximum Gasteiger partial charge on any atom is 0.313 e. The topological polar surface area (TPSA) is 105 Å². The van der Waals surface area contributed by atoms with Gasteiger partial charge in [-0.05, 0) is 42.3 Å². The van der Waals surface area contributed by atoms with Gasteiger partial charge in [-0.15, -0.1) is 0 Å². The van der Waals surface area contributed by atoms with E-state index in [2.05, 4.69) is 10.6 Å². The number of sulfonamides is 1. The second-order valence-electron chi connectivity index (χ2n) is 6.78. The fraction of sp³-hybridized carbons (Fsp3) is 0.300. The van der Waals surface area contributed by atoms with Crippen molar-refractivity contribution in [2.24, 2.45) is 0 Å². The number of amides is 2. The Kier molecular flexibility index (Phi) is 7.90. The molecule has 166 valence electrons. The maximum absolute atomic E-state index is 12.6. The highest BCUT2D eigenvalue weighted by atomic mass is 35.5. The normalized spacial score (nSPS) is 14.8. The molecule has 2 N–H and O–H groups in total. The Labute approximate surface area is 190 Å². The average molecular weight is 486 g/mol. The predicted octanol–water partition coefficient (Wildman–Crippen LogP) is 2.31. The number of carbonyl (C=O) groups is 2. The van der Waals surface area contributed by atoms with Crippen LogP contribution in [0.3, 0.4) is 0 Å². The molecule has 2 aromatic carbocycles. The lowest BCUT2D eigenvalue weighted by Gasteiger charge is -2.26. The smallest absolute Gasteiger partial charge is 0.313 e. The van der Waals surface area contributed by atoms with Crippen LogP contribution in [-0.4, -0.2) is 57.4 Å². The molecule has 31 heavy (non-hydrogen) atoms. The molecule has 0 saturated carbocycles. The van der Waals surface area contributed by atoms with Crippen LogP contribution in [0.4, 0.5) is 5.69 Å². The van der Waals surface area contributed by atoms with Crippen molar-refractivity contribution in [2.45, 2.75) is 11.3 Å². The summed E-state index contributed by atoms with van der Waals surface area (Å²) in [6.45, 7) is 1.64. The number of hydrogen-bond donors (Lipinski definition) is 2. The standard InChI is InChI=1S/C20H21Cl2N3O5S/c21-15-11-16(22)13-17(12-15)24-20(27)19(26)23-6-5-14-1-3-18(4-2-14)31(28,29)25-7-9-30-10-8-25/h1-4,11-13H,5-10H2,(H,23,26)(H,24,27). The van der Waals surface area contributed by atoms with Crippen LogP contribution in [0.1, 0.15) is 5.56 Å². The molecular weight excluding hydrogens is 465 g/mol. The number of anilines is 1. The maximum atomic E-state index is 12.6. The molecule has 3 rings (SSSR count). The van der Waals surface area contributed by atoms with Crippen molar-refractivity contribution in [3.8, 4) is 0 Å². The number of morpholine rings is 1. The van der Waals surface area contributed by atoms with E-state index in [1.165, 1.54) is 34.6 Å². The number of hydrogen-bond acceptors (Lipinski definition) is 5. The van der Waals surface area contributed by atoms with E-state index in [-0.39, 0.29) is 11.4 Å². The quantitative estimate of drug-likeness (QED) is 0.610. The first-order chi connectivity index (χ1) is 14.8. The SMILES string of the molecule is O=C(NCCc1ccc(S(=O)(=O)N2CCOCC2)cc1)C(=O)Nc1cc(Cl)cc(Cl)c1. The van der Waals surface area contributed by atoms with Gasteiger partial charge in [0.2, 0.25) is 10.0 Å². The van der Waals surface area contributed by atoms with E-state index < -0.39 is 21.8 Å². The number of nitrogens with zero attached hydrogens (tertiary/aromatic N) is 1. The fourth-order valence-electron chi connectivity index (χ4n) is 2.98. The second kappa shape index (κ2) is 10.4. The lowest BCUT2D eigenvalue weighted by molar-refractivity contribution is -0.136. The number of rotatable bonds is 6. The second-order valence-corrected chi connectivity index (χ2v) is 9.59. The van der Waals surface area contributed by atoms with E-state index in [1.807, 2.05) is 0 Å². The molecule has 0 atom stereocenters. The van der Waals surface area contributed by atoms with Crippen molar-refractivity contribution >= 4 is 50.7 Å². The molecule has 2 amide bonds. The van der Waals surface area contributed by atoms with Gasteiger partial charge in [0.1, 0.15) is 0 Å². The summed E-state index contributed by atoms with van der Waals surface area (Å²) >= 11 is 11.7. The van der Waals surface area contributed by atoms with Crippen molar-refractivity contribution < 1.29 is 22.7 Å². The molecule has 8 nitrogen and oxygen atoms in total. The number of halogens is 2. The van der Waals surface area contributed by atoms with Crippen molar-refractivity contribution in [3.63, 3.8) is 0 Å². The van der Waals surface area contributed by atoms with Gasteiger partial charge in [-0.3, -0.25) is 9.59 Å². The van der Waals surface area contributed by atoms with Crippen LogP contribution in [0.15, 0.2) is 47.4 Å². The molecule has 0 bridgehead atoms. The Morgan fingerprint density at radius 2 is 1.58 bits per heavy atom. The summed E-state index contributed by atoms with van der Waals surface area (Å²) in [4.78, 5) is 24.2. The van der Waals surface area contributed by atoms with E-state index in [9.17, 15) is 18.0 Å². The molecule has 0 spiro atoms. The molecule has 2 aromatic rings. The van der Waals surface area contributed by atoms with Crippen LogP contribution in [0, 0.1) is 0 Å². The van der Waals surface area contributed by atoms with Gasteiger partial charge >= 0.3 is 11.8 Å². The Balaban J connectivity index is 1.49. The number of nitrogens with one attached hydrogen (secondary N) is 2. The first-order valence-electron chi connectivity index (χ1n) is 9.48. The molecule has 1 aliphatic heterocycles. The largest absolute Gasteiger partial charge is 0.379 e. The van der Waals surface area contributed by atoms with Gasteiger partial charge in [0.15, 0.2) is 0 Å². The van der Waals surface area contributed by atoms with Gasteiger partial charge in [0.25, 0.3) is 0 Å². The third-order valence-corrected chi connectivity index (χ3v) is 6.91. The lowest BCUT2D eigenvalue weighted by atomic mass is 10.1. The molecule has 0 aliphatic carbocycles. The zero-order valence-electron chi connectivity index (χ0n) is 16.4. The van der Waals surface area contributed by atoms with Crippen LogP contribution < -0.4 is 10.6 Å². The minimum atomic E-state index is -3.55. The third kappa shape index (κ3) is 6.41. The molecule has 1 heterocycles. The summed E-state index contributed by atoms with van der Waals surface area (Å²) in [7, 11) is -3.55. The van der Waals surface area contributed by atoms with Gasteiger partial charge in [-0.25, -0.2) is 8.42 Å². The summed E-state index contributed by atoms with van der Waals surface area (Å²) < 4.78 is 31.8. The van der Waals surface area contributed by atoms with E-state index in [0.29, 0.717) is 48.5 Å². The van der Waals surface area contributed by atoms with Crippen LogP contribution in [0.25, 0.3) is 0 Å². The van der Waals surface area contributed by atoms with E-state index in [0.717, 1.165) is 5.56 Å². The average Bonchev–Trinajstić information content (AvgIpc) is 2.74. The molecule has 1 aliphatic rings.